The highest BCUT2D eigenvalue weighted by Gasteiger charge is 2.40. The minimum Gasteiger partial charge on any atom is -0.375 e. The minimum absolute atomic E-state index is 0.0187. The Morgan fingerprint density at radius 3 is 2.77 bits per heavy atom. The van der Waals surface area contributed by atoms with E-state index in [-0.39, 0.29) is 24.3 Å². The number of halogens is 4. The van der Waals surface area contributed by atoms with Gasteiger partial charge in [-0.05, 0) is 24.3 Å². The van der Waals surface area contributed by atoms with Crippen LogP contribution in [-0.4, -0.2) is 40.6 Å². The summed E-state index contributed by atoms with van der Waals surface area (Å²) in [6, 6.07) is 4.70. The maximum atomic E-state index is 14.6. The lowest BCUT2D eigenvalue weighted by Gasteiger charge is -2.22. The zero-order valence-corrected chi connectivity index (χ0v) is 15.9. The standard InChI is InChI=1S/C21H18F4N4O/c22-12-1-2-15(23)14(9-12)13-3-6-26-20(29-7-5-21(24,25)11-29)18(13)19-27-16-4-8-30-10-17(16)28-19/h1-3,6,9H,4-5,7-8,10-11H2,(H,27,28). The normalized spacial score (nSPS) is 17.9. The van der Waals surface area contributed by atoms with Gasteiger partial charge in [-0.1, -0.05) is 0 Å². The number of anilines is 1. The molecule has 0 unspecified atom stereocenters. The van der Waals surface area contributed by atoms with Crippen molar-refractivity contribution in [3.8, 4) is 22.5 Å². The topological polar surface area (TPSA) is 54.0 Å². The molecular formula is C21H18F4N4O. The van der Waals surface area contributed by atoms with Crippen LogP contribution in [0.25, 0.3) is 22.5 Å². The molecule has 30 heavy (non-hydrogen) atoms. The molecular weight excluding hydrogens is 400 g/mol. The Morgan fingerprint density at radius 2 is 2.00 bits per heavy atom. The van der Waals surface area contributed by atoms with E-state index in [0.717, 1.165) is 23.9 Å². The zero-order chi connectivity index (χ0) is 20.9. The number of fused-ring (bicyclic) bond motifs is 1. The smallest absolute Gasteiger partial charge is 0.266 e. The van der Waals surface area contributed by atoms with Crippen LogP contribution in [0.5, 0.6) is 0 Å². The van der Waals surface area contributed by atoms with Gasteiger partial charge in [0.2, 0.25) is 0 Å². The third kappa shape index (κ3) is 3.32. The van der Waals surface area contributed by atoms with Crippen molar-refractivity contribution in [2.45, 2.75) is 25.4 Å². The van der Waals surface area contributed by atoms with Gasteiger partial charge in [0, 0.05) is 42.4 Å². The van der Waals surface area contributed by atoms with Crippen molar-refractivity contribution in [3.63, 3.8) is 0 Å². The molecule has 2 aliphatic rings. The van der Waals surface area contributed by atoms with Gasteiger partial charge in [0.15, 0.2) is 0 Å². The van der Waals surface area contributed by atoms with Crippen LogP contribution in [0, 0.1) is 11.6 Å². The maximum Gasteiger partial charge on any atom is 0.266 e. The lowest BCUT2D eigenvalue weighted by molar-refractivity contribution is 0.0257. The first-order chi connectivity index (χ1) is 14.4. The average molecular weight is 418 g/mol. The molecule has 1 aromatic carbocycles. The number of benzene rings is 1. The monoisotopic (exact) mass is 418 g/mol. The molecule has 1 N–H and O–H groups in total. The third-order valence-corrected chi connectivity index (χ3v) is 5.46. The first-order valence-corrected chi connectivity index (χ1v) is 9.64. The van der Waals surface area contributed by atoms with E-state index in [2.05, 4.69) is 15.0 Å². The number of ether oxygens (including phenoxy) is 1. The molecule has 0 radical (unpaired) electrons. The summed E-state index contributed by atoms with van der Waals surface area (Å²) >= 11 is 0. The predicted octanol–water partition coefficient (Wildman–Crippen LogP) is 4.34. The van der Waals surface area contributed by atoms with Gasteiger partial charge in [0.1, 0.15) is 23.3 Å². The molecule has 0 spiro atoms. The number of alkyl halides is 2. The summed E-state index contributed by atoms with van der Waals surface area (Å²) in [5, 5.41) is 0. The van der Waals surface area contributed by atoms with Crippen LogP contribution >= 0.6 is 0 Å². The average Bonchev–Trinajstić information content (AvgIpc) is 3.32. The summed E-state index contributed by atoms with van der Waals surface area (Å²) < 4.78 is 61.8. The molecule has 5 rings (SSSR count). The van der Waals surface area contributed by atoms with Crippen molar-refractivity contribution in [1.82, 2.24) is 15.0 Å². The highest BCUT2D eigenvalue weighted by atomic mass is 19.3. The molecule has 9 heteroatoms. The molecule has 156 valence electrons. The van der Waals surface area contributed by atoms with Crippen LogP contribution in [0.1, 0.15) is 17.8 Å². The maximum absolute atomic E-state index is 14.6. The van der Waals surface area contributed by atoms with Gasteiger partial charge < -0.3 is 14.6 Å². The van der Waals surface area contributed by atoms with Crippen LogP contribution in [0.4, 0.5) is 23.4 Å². The van der Waals surface area contributed by atoms with Gasteiger partial charge in [0.25, 0.3) is 5.92 Å². The summed E-state index contributed by atoms with van der Waals surface area (Å²) in [4.78, 5) is 13.6. The molecule has 0 amide bonds. The Bertz CT molecular complexity index is 1090. The van der Waals surface area contributed by atoms with E-state index in [1.807, 2.05) is 0 Å². The van der Waals surface area contributed by atoms with Gasteiger partial charge in [-0.15, -0.1) is 0 Å². The second kappa shape index (κ2) is 7.09. The Morgan fingerprint density at radius 1 is 1.13 bits per heavy atom. The van der Waals surface area contributed by atoms with Crippen LogP contribution in [0.2, 0.25) is 0 Å². The first kappa shape index (κ1) is 19.0. The molecule has 2 aliphatic heterocycles. The molecule has 0 saturated carbocycles. The number of H-pyrrole nitrogens is 1. The Kier molecular flexibility index (Phi) is 4.50. The summed E-state index contributed by atoms with van der Waals surface area (Å²) in [5.41, 5.74) is 2.31. The SMILES string of the molecule is Fc1ccc(F)c(-c2ccnc(N3CCC(F)(F)C3)c2-c2nc3c([nH]2)CCOC3)c1. The molecule has 1 saturated heterocycles. The summed E-state index contributed by atoms with van der Waals surface area (Å²) in [6.07, 6.45) is 1.75. The second-order valence-electron chi connectivity index (χ2n) is 7.52. The van der Waals surface area contributed by atoms with Crippen molar-refractivity contribution in [2.75, 3.05) is 24.6 Å². The summed E-state index contributed by atoms with van der Waals surface area (Å²) in [5.74, 6) is -3.42. The van der Waals surface area contributed by atoms with Crippen molar-refractivity contribution < 1.29 is 22.3 Å². The number of imidazole rings is 1. The van der Waals surface area contributed by atoms with Gasteiger partial charge in [-0.25, -0.2) is 27.5 Å². The van der Waals surface area contributed by atoms with Crippen LogP contribution in [-0.2, 0) is 17.8 Å². The fourth-order valence-electron chi connectivity index (χ4n) is 4.00. The van der Waals surface area contributed by atoms with E-state index < -0.39 is 24.1 Å². The number of hydrogen-bond donors (Lipinski definition) is 1. The second-order valence-corrected chi connectivity index (χ2v) is 7.52. The fourth-order valence-corrected chi connectivity index (χ4v) is 4.00. The molecule has 3 aromatic rings. The molecule has 0 bridgehead atoms. The highest BCUT2D eigenvalue weighted by molar-refractivity contribution is 5.88. The Labute approximate surface area is 169 Å². The van der Waals surface area contributed by atoms with E-state index in [9.17, 15) is 17.6 Å². The molecule has 2 aromatic heterocycles. The molecule has 4 heterocycles. The lowest BCUT2D eigenvalue weighted by atomic mass is 9.99. The van der Waals surface area contributed by atoms with Crippen molar-refractivity contribution in [3.05, 3.63) is 53.5 Å². The number of pyridine rings is 1. The van der Waals surface area contributed by atoms with E-state index >= 15 is 0 Å². The van der Waals surface area contributed by atoms with Gasteiger partial charge >= 0.3 is 0 Å². The van der Waals surface area contributed by atoms with E-state index in [4.69, 9.17) is 4.74 Å². The van der Waals surface area contributed by atoms with Crippen molar-refractivity contribution >= 4 is 5.82 Å². The van der Waals surface area contributed by atoms with Crippen LogP contribution in [0.3, 0.4) is 0 Å². The lowest BCUT2D eigenvalue weighted by Crippen LogP contribution is -2.26. The summed E-state index contributed by atoms with van der Waals surface area (Å²) in [6.45, 7) is 0.475. The third-order valence-electron chi connectivity index (χ3n) is 5.46. The highest BCUT2D eigenvalue weighted by Crippen LogP contribution is 2.41. The van der Waals surface area contributed by atoms with Gasteiger partial charge in [0.05, 0.1) is 31.0 Å². The number of hydrogen-bond acceptors (Lipinski definition) is 4. The van der Waals surface area contributed by atoms with E-state index in [0.29, 0.717) is 42.3 Å². The van der Waals surface area contributed by atoms with Crippen molar-refractivity contribution in [2.24, 2.45) is 0 Å². The molecule has 0 atom stereocenters. The largest absolute Gasteiger partial charge is 0.375 e. The zero-order valence-electron chi connectivity index (χ0n) is 15.9. The van der Waals surface area contributed by atoms with E-state index in [1.165, 1.54) is 11.1 Å². The minimum atomic E-state index is -2.84. The number of nitrogens with zero attached hydrogens (tertiary/aromatic N) is 3. The van der Waals surface area contributed by atoms with Gasteiger partial charge in [-0.3, -0.25) is 0 Å². The quantitative estimate of drug-likeness (QED) is 0.644. The number of aromatic amines is 1. The molecule has 0 aliphatic carbocycles. The first-order valence-electron chi connectivity index (χ1n) is 9.64. The number of rotatable bonds is 3. The number of nitrogens with one attached hydrogen (secondary N) is 1. The summed E-state index contributed by atoms with van der Waals surface area (Å²) in [7, 11) is 0. The predicted molar refractivity (Wildman–Crippen MR) is 102 cm³/mol. The van der Waals surface area contributed by atoms with E-state index in [1.54, 1.807) is 6.07 Å². The van der Waals surface area contributed by atoms with Crippen molar-refractivity contribution in [1.29, 1.82) is 0 Å². The number of aromatic nitrogens is 3. The van der Waals surface area contributed by atoms with Gasteiger partial charge in [-0.2, -0.15) is 0 Å². The molecule has 5 nitrogen and oxygen atoms in total. The van der Waals surface area contributed by atoms with Crippen LogP contribution < -0.4 is 4.90 Å². The Hall–Kier alpha value is -2.94. The molecule has 1 fully saturated rings. The fraction of sp³-hybridized carbons (Fsp3) is 0.333. The Balaban J connectivity index is 1.72. The van der Waals surface area contributed by atoms with Crippen LogP contribution in [0.15, 0.2) is 30.5 Å².